The molecule has 1 aliphatic rings. The maximum atomic E-state index is 11.5. The van der Waals surface area contributed by atoms with Gasteiger partial charge >= 0.3 is 0 Å². The highest BCUT2D eigenvalue weighted by molar-refractivity contribution is 5.81. The predicted octanol–water partition coefficient (Wildman–Crippen LogP) is -0.298. The summed E-state index contributed by atoms with van der Waals surface area (Å²) in [4.78, 5) is 11.5. The number of ether oxygens (including phenoxy) is 2. The highest BCUT2D eigenvalue weighted by atomic mass is 16.6. The number of aliphatic hydroxyl groups excluding tert-OH is 1. The summed E-state index contributed by atoms with van der Waals surface area (Å²) >= 11 is 0. The monoisotopic (exact) mass is 266 g/mol. The number of hydrogen-bond donors (Lipinski definition) is 3. The van der Waals surface area contributed by atoms with Crippen LogP contribution in [0.1, 0.15) is 11.1 Å². The van der Waals surface area contributed by atoms with Crippen molar-refractivity contribution in [3.8, 4) is 11.5 Å². The van der Waals surface area contributed by atoms with Crippen molar-refractivity contribution in [2.45, 2.75) is 19.5 Å². The first-order valence-electron chi connectivity index (χ1n) is 6.15. The molecule has 0 aromatic heterocycles. The molecule has 19 heavy (non-hydrogen) atoms. The molecule has 6 heteroatoms. The first-order chi connectivity index (χ1) is 9.11. The lowest BCUT2D eigenvalue weighted by Crippen LogP contribution is -2.42. The standard InChI is InChI=1S/C13H18N2O4/c1-8-4-11-12(19-3-2-18-11)5-9(8)6-15-13(17)10(14)7-16/h4-5,10,16H,2-3,6-7,14H2,1H3,(H,15,17). The van der Waals surface area contributed by atoms with Crippen LogP contribution < -0.4 is 20.5 Å². The fourth-order valence-corrected chi connectivity index (χ4v) is 1.82. The minimum Gasteiger partial charge on any atom is -0.486 e. The van der Waals surface area contributed by atoms with Crippen LogP contribution >= 0.6 is 0 Å². The van der Waals surface area contributed by atoms with E-state index in [1.807, 2.05) is 19.1 Å². The molecule has 1 amide bonds. The normalized spacial score (nSPS) is 14.9. The molecule has 0 aliphatic carbocycles. The maximum Gasteiger partial charge on any atom is 0.239 e. The quantitative estimate of drug-likeness (QED) is 0.696. The zero-order valence-electron chi connectivity index (χ0n) is 10.8. The Balaban J connectivity index is 2.06. The lowest BCUT2D eigenvalue weighted by Gasteiger charge is -2.20. The van der Waals surface area contributed by atoms with Crippen LogP contribution in [0, 0.1) is 6.92 Å². The van der Waals surface area contributed by atoms with Gasteiger partial charge < -0.3 is 25.6 Å². The lowest BCUT2D eigenvalue weighted by atomic mass is 10.1. The Kier molecular flexibility index (Phi) is 4.24. The van der Waals surface area contributed by atoms with Crippen molar-refractivity contribution in [3.63, 3.8) is 0 Å². The summed E-state index contributed by atoms with van der Waals surface area (Å²) in [5, 5.41) is 11.5. The summed E-state index contributed by atoms with van der Waals surface area (Å²) in [5.41, 5.74) is 7.36. The van der Waals surface area contributed by atoms with Crippen LogP contribution in [0.3, 0.4) is 0 Å². The van der Waals surface area contributed by atoms with Crippen LogP contribution in [0.25, 0.3) is 0 Å². The zero-order chi connectivity index (χ0) is 13.8. The molecule has 0 saturated carbocycles. The Morgan fingerprint density at radius 3 is 2.68 bits per heavy atom. The molecule has 104 valence electrons. The molecule has 0 saturated heterocycles. The molecule has 0 fully saturated rings. The van der Waals surface area contributed by atoms with Crippen LogP contribution in [0.15, 0.2) is 12.1 Å². The van der Waals surface area contributed by atoms with Crippen LogP contribution in [0.2, 0.25) is 0 Å². The van der Waals surface area contributed by atoms with E-state index >= 15 is 0 Å². The van der Waals surface area contributed by atoms with E-state index in [1.165, 1.54) is 0 Å². The fourth-order valence-electron chi connectivity index (χ4n) is 1.82. The number of hydrogen-bond acceptors (Lipinski definition) is 5. The molecule has 0 radical (unpaired) electrons. The third-order valence-electron chi connectivity index (χ3n) is 2.99. The molecule has 1 aromatic rings. The minimum absolute atomic E-state index is 0.342. The number of rotatable bonds is 4. The minimum atomic E-state index is -0.891. The molecule has 6 nitrogen and oxygen atoms in total. The Bertz CT molecular complexity index is 476. The third-order valence-corrected chi connectivity index (χ3v) is 2.99. The van der Waals surface area contributed by atoms with Crippen molar-refractivity contribution in [1.82, 2.24) is 5.32 Å². The van der Waals surface area contributed by atoms with Crippen LogP contribution in [-0.4, -0.2) is 36.9 Å². The number of benzene rings is 1. The largest absolute Gasteiger partial charge is 0.486 e. The van der Waals surface area contributed by atoms with Gasteiger partial charge in [0.2, 0.25) is 5.91 Å². The fraction of sp³-hybridized carbons (Fsp3) is 0.462. The van der Waals surface area contributed by atoms with Gasteiger partial charge in [-0.2, -0.15) is 0 Å². The number of amides is 1. The number of carbonyl (C=O) groups excluding carboxylic acids is 1. The average Bonchev–Trinajstić information content (AvgIpc) is 2.43. The molecule has 0 bridgehead atoms. The Morgan fingerprint density at radius 2 is 2.05 bits per heavy atom. The van der Waals surface area contributed by atoms with Crippen molar-refractivity contribution in [2.24, 2.45) is 5.73 Å². The van der Waals surface area contributed by atoms with Crippen LogP contribution in [-0.2, 0) is 11.3 Å². The molecular formula is C13H18N2O4. The van der Waals surface area contributed by atoms with E-state index in [2.05, 4.69) is 5.32 Å². The summed E-state index contributed by atoms with van der Waals surface area (Å²) < 4.78 is 11.0. The van der Waals surface area contributed by atoms with Gasteiger partial charge in [0.25, 0.3) is 0 Å². The van der Waals surface area contributed by atoms with Gasteiger partial charge in [0.15, 0.2) is 11.5 Å². The van der Waals surface area contributed by atoms with E-state index in [0.29, 0.717) is 25.5 Å². The van der Waals surface area contributed by atoms with Crippen molar-refractivity contribution < 1.29 is 19.4 Å². The second-order valence-electron chi connectivity index (χ2n) is 4.43. The number of aryl methyl sites for hydroxylation is 1. The molecule has 1 aromatic carbocycles. The molecule has 1 atom stereocenters. The van der Waals surface area contributed by atoms with E-state index in [1.54, 1.807) is 0 Å². The molecule has 2 rings (SSSR count). The molecule has 0 spiro atoms. The first-order valence-corrected chi connectivity index (χ1v) is 6.15. The molecular weight excluding hydrogens is 248 g/mol. The smallest absolute Gasteiger partial charge is 0.239 e. The van der Waals surface area contributed by atoms with Gasteiger partial charge in [0.1, 0.15) is 19.3 Å². The second kappa shape index (κ2) is 5.90. The number of nitrogens with two attached hydrogens (primary N) is 1. The highest BCUT2D eigenvalue weighted by Crippen LogP contribution is 2.32. The molecule has 1 heterocycles. The van der Waals surface area contributed by atoms with Crippen molar-refractivity contribution >= 4 is 5.91 Å². The predicted molar refractivity (Wildman–Crippen MR) is 69.1 cm³/mol. The number of nitrogens with one attached hydrogen (secondary N) is 1. The molecule has 1 aliphatic heterocycles. The summed E-state index contributed by atoms with van der Waals surface area (Å²) in [6.45, 7) is 2.98. The molecule has 4 N–H and O–H groups in total. The summed E-state index contributed by atoms with van der Waals surface area (Å²) in [7, 11) is 0. The van der Waals surface area contributed by atoms with Gasteiger partial charge in [-0.1, -0.05) is 0 Å². The number of carbonyl (C=O) groups is 1. The summed E-state index contributed by atoms with van der Waals surface area (Å²) in [6, 6.07) is 2.86. The van der Waals surface area contributed by atoms with Crippen molar-refractivity contribution in [3.05, 3.63) is 23.3 Å². The first kappa shape index (κ1) is 13.6. The van der Waals surface area contributed by atoms with Crippen molar-refractivity contribution in [1.29, 1.82) is 0 Å². The van der Waals surface area contributed by atoms with E-state index in [9.17, 15) is 4.79 Å². The van der Waals surface area contributed by atoms with Gasteiger partial charge in [-0.15, -0.1) is 0 Å². The summed E-state index contributed by atoms with van der Waals surface area (Å²) in [5.74, 6) is 1.04. The van der Waals surface area contributed by atoms with Crippen molar-refractivity contribution in [2.75, 3.05) is 19.8 Å². The van der Waals surface area contributed by atoms with Gasteiger partial charge in [-0.05, 0) is 30.2 Å². The summed E-state index contributed by atoms with van der Waals surface area (Å²) in [6.07, 6.45) is 0. The van der Waals surface area contributed by atoms with E-state index in [0.717, 1.165) is 16.9 Å². The van der Waals surface area contributed by atoms with Crippen LogP contribution in [0.5, 0.6) is 11.5 Å². The van der Waals surface area contributed by atoms with E-state index < -0.39 is 6.04 Å². The second-order valence-corrected chi connectivity index (χ2v) is 4.43. The van der Waals surface area contributed by atoms with Gasteiger partial charge in [-0.25, -0.2) is 0 Å². The Labute approximate surface area is 111 Å². The van der Waals surface area contributed by atoms with Gasteiger partial charge in [-0.3, -0.25) is 4.79 Å². The maximum absolute atomic E-state index is 11.5. The average molecular weight is 266 g/mol. The highest BCUT2D eigenvalue weighted by Gasteiger charge is 2.16. The zero-order valence-corrected chi connectivity index (χ0v) is 10.8. The van der Waals surface area contributed by atoms with E-state index in [-0.39, 0.29) is 12.5 Å². The van der Waals surface area contributed by atoms with E-state index in [4.69, 9.17) is 20.3 Å². The SMILES string of the molecule is Cc1cc2c(cc1CNC(=O)C(N)CO)OCCO2. The van der Waals surface area contributed by atoms with Gasteiger partial charge in [0, 0.05) is 6.54 Å². The van der Waals surface area contributed by atoms with Crippen LogP contribution in [0.4, 0.5) is 0 Å². The third kappa shape index (κ3) is 3.15. The Hall–Kier alpha value is -1.79. The number of fused-ring (bicyclic) bond motifs is 1. The molecule has 1 unspecified atom stereocenters. The topological polar surface area (TPSA) is 93.8 Å². The number of aliphatic hydroxyl groups is 1. The van der Waals surface area contributed by atoms with Gasteiger partial charge in [0.05, 0.1) is 6.61 Å². The lowest BCUT2D eigenvalue weighted by molar-refractivity contribution is -0.123. The Morgan fingerprint density at radius 1 is 1.42 bits per heavy atom.